The Balaban J connectivity index is 0.000000845. The summed E-state index contributed by atoms with van der Waals surface area (Å²) in [7, 11) is 0. The van der Waals surface area contributed by atoms with Crippen molar-refractivity contribution < 1.29 is 26.1 Å². The van der Waals surface area contributed by atoms with Crippen LogP contribution in [0.3, 0.4) is 0 Å². The average Bonchev–Trinajstić information content (AvgIpc) is 2.59. The molecule has 0 radical (unpaired) electrons. The van der Waals surface area contributed by atoms with E-state index in [-0.39, 0.29) is 2.85 Å². The molecule has 0 heterocycles. The van der Waals surface area contributed by atoms with Crippen molar-refractivity contribution in [2.75, 3.05) is 0 Å². The topological polar surface area (TPSA) is 0 Å². The van der Waals surface area contributed by atoms with E-state index in [1.54, 1.807) is 6.55 Å². The molecule has 0 aromatic heterocycles. The SMILES string of the molecule is C1=CC[C]([Zr+2][c]2ccccc2)=C1.[H-].[H-]. The van der Waals surface area contributed by atoms with Gasteiger partial charge in [-0.25, -0.2) is 0 Å². The van der Waals surface area contributed by atoms with Gasteiger partial charge in [-0.2, -0.15) is 0 Å². The van der Waals surface area contributed by atoms with Gasteiger partial charge in [-0.05, 0) is 0 Å². The van der Waals surface area contributed by atoms with Crippen LogP contribution >= 0.6 is 0 Å². The Hall–Kier alpha value is -0.417. The van der Waals surface area contributed by atoms with Crippen LogP contribution in [0.2, 0.25) is 0 Å². The van der Waals surface area contributed by atoms with Gasteiger partial charge in [-0.3, -0.25) is 0 Å². The summed E-state index contributed by atoms with van der Waals surface area (Å²) in [5, 5.41) is 0. The minimum Gasteiger partial charge on any atom is -1.00 e. The van der Waals surface area contributed by atoms with E-state index >= 15 is 0 Å². The molecule has 1 aromatic carbocycles. The molecular weight excluding hydrogens is 223 g/mol. The van der Waals surface area contributed by atoms with Crippen molar-refractivity contribution in [1.82, 2.24) is 0 Å². The second-order valence-corrected chi connectivity index (χ2v) is 6.43. The predicted octanol–water partition coefficient (Wildman–Crippen LogP) is 2.46. The third-order valence-corrected chi connectivity index (χ3v) is 5.08. The van der Waals surface area contributed by atoms with Crippen LogP contribution in [0, 0.1) is 0 Å². The first-order valence-electron chi connectivity index (χ1n) is 4.13. The molecule has 60 valence electrons. The Morgan fingerprint density at radius 3 is 2.67 bits per heavy atom. The van der Waals surface area contributed by atoms with Gasteiger partial charge in [0.15, 0.2) is 0 Å². The molecular formula is C11H12Zr. The first-order valence-corrected chi connectivity index (χ1v) is 6.59. The van der Waals surface area contributed by atoms with Crippen LogP contribution in [-0.4, -0.2) is 0 Å². The summed E-state index contributed by atoms with van der Waals surface area (Å²) in [4.78, 5) is 0. The summed E-state index contributed by atoms with van der Waals surface area (Å²) in [6.07, 6.45) is 7.93. The largest absolute Gasteiger partial charge is 1.00 e. The van der Waals surface area contributed by atoms with Crippen molar-refractivity contribution in [2.45, 2.75) is 6.42 Å². The number of rotatable bonds is 2. The van der Waals surface area contributed by atoms with Gasteiger partial charge >= 0.3 is 84.8 Å². The van der Waals surface area contributed by atoms with Crippen LogP contribution in [0.5, 0.6) is 0 Å². The molecule has 0 bridgehead atoms. The Kier molecular flexibility index (Phi) is 2.73. The van der Waals surface area contributed by atoms with Gasteiger partial charge in [0.05, 0.1) is 0 Å². The molecule has 1 heteroatoms. The zero-order valence-electron chi connectivity index (χ0n) is 8.83. The van der Waals surface area contributed by atoms with Crippen LogP contribution in [0.25, 0.3) is 0 Å². The molecule has 0 amide bonds. The van der Waals surface area contributed by atoms with E-state index in [0.717, 1.165) is 0 Å². The van der Waals surface area contributed by atoms with Gasteiger partial charge in [0.1, 0.15) is 0 Å². The van der Waals surface area contributed by atoms with Gasteiger partial charge < -0.3 is 2.85 Å². The molecule has 12 heavy (non-hydrogen) atoms. The van der Waals surface area contributed by atoms with E-state index in [9.17, 15) is 0 Å². The third kappa shape index (κ3) is 2.04. The van der Waals surface area contributed by atoms with E-state index in [0.29, 0.717) is 0 Å². The molecule has 0 nitrogen and oxygen atoms in total. The molecule has 1 aromatic rings. The molecule has 0 aliphatic heterocycles. The molecule has 0 saturated heterocycles. The Bertz CT molecular complexity index is 317. The summed E-state index contributed by atoms with van der Waals surface area (Å²) in [6, 6.07) is 10.9. The summed E-state index contributed by atoms with van der Waals surface area (Å²) in [5.74, 6) is 0. The standard InChI is InChI=1S/C6H5.C5H5.Zr.2H/c1-2-4-6-5-3-1;1-2-4-5-3-1;;;/h1-5H;1-3H,4H2;;;/q;;+2;2*-1. The summed E-state index contributed by atoms with van der Waals surface area (Å²) >= 11 is -0.414. The maximum absolute atomic E-state index is 2.29. The summed E-state index contributed by atoms with van der Waals surface area (Å²) in [5.41, 5.74) is 0. The zero-order chi connectivity index (χ0) is 8.23. The normalized spacial score (nSPS) is 14.2. The quantitative estimate of drug-likeness (QED) is 0.739. The number of allylic oxidation sites excluding steroid dienone is 4. The zero-order valence-corrected chi connectivity index (χ0v) is 9.28. The fourth-order valence-corrected chi connectivity index (χ4v) is 4.02. The van der Waals surface area contributed by atoms with E-state index < -0.39 is 23.2 Å². The third-order valence-electron chi connectivity index (χ3n) is 1.85. The smallest absolute Gasteiger partial charge is 1.00 e. The fraction of sp³-hybridized carbons (Fsp3) is 0.0909. The Morgan fingerprint density at radius 1 is 1.17 bits per heavy atom. The second-order valence-electron chi connectivity index (χ2n) is 2.82. The number of benzene rings is 1. The van der Waals surface area contributed by atoms with E-state index in [1.165, 1.54) is 6.42 Å². The first kappa shape index (κ1) is 8.19. The monoisotopic (exact) mass is 234 g/mol. The molecule has 0 atom stereocenters. The average molecular weight is 235 g/mol. The van der Waals surface area contributed by atoms with Crippen molar-refractivity contribution in [3.63, 3.8) is 0 Å². The summed E-state index contributed by atoms with van der Waals surface area (Å²) < 4.78 is 3.26. The maximum atomic E-state index is 2.29. The molecule has 0 N–H and O–H groups in total. The molecule has 2 rings (SSSR count). The number of hydrogen-bond donors (Lipinski definition) is 0. The van der Waals surface area contributed by atoms with Crippen molar-refractivity contribution in [3.8, 4) is 0 Å². The van der Waals surface area contributed by atoms with Crippen molar-refractivity contribution in [2.24, 2.45) is 0 Å². The molecule has 1 aliphatic rings. The van der Waals surface area contributed by atoms with Gasteiger partial charge in [-0.1, -0.05) is 0 Å². The van der Waals surface area contributed by atoms with Gasteiger partial charge in [0, 0.05) is 0 Å². The maximum Gasteiger partial charge on any atom is -1.00 e. The molecule has 0 fully saturated rings. The van der Waals surface area contributed by atoms with Gasteiger partial charge in [-0.15, -0.1) is 0 Å². The van der Waals surface area contributed by atoms with E-state index in [4.69, 9.17) is 0 Å². The Morgan fingerprint density at radius 2 is 2.00 bits per heavy atom. The first-order chi connectivity index (χ1) is 5.95. The second kappa shape index (κ2) is 4.00. The minimum absolute atomic E-state index is 0. The Labute approximate surface area is 87.5 Å². The van der Waals surface area contributed by atoms with Gasteiger partial charge in [0.25, 0.3) is 0 Å². The van der Waals surface area contributed by atoms with E-state index in [2.05, 4.69) is 48.6 Å². The van der Waals surface area contributed by atoms with Crippen LogP contribution in [0.1, 0.15) is 9.27 Å². The minimum atomic E-state index is -0.414. The van der Waals surface area contributed by atoms with Crippen molar-refractivity contribution in [3.05, 3.63) is 51.8 Å². The fourth-order valence-electron chi connectivity index (χ4n) is 1.25. The summed E-state index contributed by atoms with van der Waals surface area (Å²) in [6.45, 7) is 0. The number of hydrogen-bond acceptors (Lipinski definition) is 0. The van der Waals surface area contributed by atoms with Gasteiger partial charge in [0.2, 0.25) is 0 Å². The van der Waals surface area contributed by atoms with Crippen LogP contribution < -0.4 is 3.27 Å². The molecule has 0 spiro atoms. The van der Waals surface area contributed by atoms with Crippen LogP contribution in [0.15, 0.2) is 51.8 Å². The predicted molar refractivity (Wildman–Crippen MR) is 50.1 cm³/mol. The van der Waals surface area contributed by atoms with Crippen molar-refractivity contribution in [1.29, 1.82) is 0 Å². The molecule has 0 unspecified atom stereocenters. The van der Waals surface area contributed by atoms with Crippen molar-refractivity contribution >= 4 is 3.27 Å². The van der Waals surface area contributed by atoms with Crippen LogP contribution in [0.4, 0.5) is 0 Å². The molecule has 1 aliphatic carbocycles. The van der Waals surface area contributed by atoms with E-state index in [1.807, 2.05) is 0 Å². The molecule has 0 saturated carbocycles. The van der Waals surface area contributed by atoms with Crippen LogP contribution in [-0.2, 0) is 23.2 Å².